The fourth-order valence-corrected chi connectivity index (χ4v) is 1.86. The van der Waals surface area contributed by atoms with Gasteiger partial charge in [0.1, 0.15) is 0 Å². The van der Waals surface area contributed by atoms with Gasteiger partial charge in [-0.2, -0.15) is 8.78 Å². The van der Waals surface area contributed by atoms with Crippen LogP contribution in [0.3, 0.4) is 0 Å². The van der Waals surface area contributed by atoms with Crippen molar-refractivity contribution in [3.8, 4) is 0 Å². The van der Waals surface area contributed by atoms with E-state index in [2.05, 4.69) is 11.6 Å². The highest BCUT2D eigenvalue weighted by atomic mass is 35.5. The zero-order chi connectivity index (χ0) is 11.6. The summed E-state index contributed by atoms with van der Waals surface area (Å²) in [7, 11) is -1.85. The van der Waals surface area contributed by atoms with Crippen molar-refractivity contribution in [3.63, 3.8) is 0 Å². The number of alkyl halides is 3. The first kappa shape index (κ1) is 13.6. The summed E-state index contributed by atoms with van der Waals surface area (Å²) in [5.74, 6) is -1.27. The van der Waals surface area contributed by atoms with Gasteiger partial charge in [-0.1, -0.05) is 0 Å². The molecule has 0 rings (SSSR count). The molecule has 0 fully saturated rings. The number of carbonyl (C=O) groups is 1. The Morgan fingerprint density at radius 2 is 1.86 bits per heavy atom. The molecule has 0 aliphatic heterocycles. The molecule has 0 spiro atoms. The van der Waals surface area contributed by atoms with Crippen molar-refractivity contribution in [2.45, 2.75) is 31.9 Å². The summed E-state index contributed by atoms with van der Waals surface area (Å²) in [6.07, 6.45) is 0.727. The summed E-state index contributed by atoms with van der Waals surface area (Å²) < 4.78 is 29.8. The van der Waals surface area contributed by atoms with Crippen LogP contribution in [0.25, 0.3) is 0 Å². The molecule has 0 aromatic carbocycles. The Morgan fingerprint density at radius 1 is 1.43 bits per heavy atom. The molecule has 0 saturated heterocycles. The zero-order valence-electron chi connectivity index (χ0n) is 8.53. The average molecular weight is 243 g/mol. The van der Waals surface area contributed by atoms with E-state index in [-0.39, 0.29) is 5.76 Å². The van der Waals surface area contributed by atoms with Crippen LogP contribution >= 0.6 is 11.6 Å². The lowest BCUT2D eigenvalue weighted by Crippen LogP contribution is -2.25. The Hall–Kier alpha value is -0.423. The van der Waals surface area contributed by atoms with Gasteiger partial charge in [-0.15, -0.1) is 0 Å². The first-order chi connectivity index (χ1) is 6.02. The van der Waals surface area contributed by atoms with Crippen LogP contribution in [0.1, 0.15) is 6.92 Å². The summed E-state index contributed by atoms with van der Waals surface area (Å²) >= 11 is 4.53. The zero-order valence-corrected chi connectivity index (χ0v) is 10.3. The maximum absolute atomic E-state index is 12.2. The Labute approximate surface area is 88.0 Å². The molecule has 0 radical (unpaired) electrons. The van der Waals surface area contributed by atoms with Crippen LogP contribution in [0.2, 0.25) is 19.6 Å². The largest absolute Gasteiger partial charge is 0.547 e. The minimum absolute atomic E-state index is 0.175. The van der Waals surface area contributed by atoms with Gasteiger partial charge in [0.2, 0.25) is 14.1 Å². The van der Waals surface area contributed by atoms with Crippen LogP contribution in [0.4, 0.5) is 8.78 Å². The number of halogens is 3. The molecule has 0 unspecified atom stereocenters. The molecule has 14 heavy (non-hydrogen) atoms. The Morgan fingerprint density at radius 3 is 2.14 bits per heavy atom. The average Bonchev–Trinajstić information content (AvgIpc) is 1.79. The predicted octanol–water partition coefficient (Wildman–Crippen LogP) is 3.14. The number of hydrogen-bond acceptors (Lipinski definition) is 2. The van der Waals surface area contributed by atoms with E-state index in [9.17, 15) is 13.6 Å². The topological polar surface area (TPSA) is 26.3 Å². The molecule has 2 nitrogen and oxygen atoms in total. The van der Waals surface area contributed by atoms with Gasteiger partial charge >= 0.3 is 5.38 Å². The van der Waals surface area contributed by atoms with Crippen molar-refractivity contribution < 1.29 is 18.0 Å². The highest BCUT2D eigenvalue weighted by molar-refractivity contribution is 6.70. The predicted molar refractivity (Wildman–Crippen MR) is 54.0 cm³/mol. The molecular weight excluding hydrogens is 230 g/mol. The van der Waals surface area contributed by atoms with E-state index in [0.29, 0.717) is 0 Å². The summed E-state index contributed by atoms with van der Waals surface area (Å²) in [6, 6.07) is 0. The third kappa shape index (κ3) is 6.10. The molecule has 0 saturated carbocycles. The summed E-state index contributed by atoms with van der Waals surface area (Å²) in [4.78, 5) is 10.7. The quantitative estimate of drug-likeness (QED) is 0.328. The molecule has 0 atom stereocenters. The highest BCUT2D eigenvalue weighted by Crippen LogP contribution is 2.21. The number of carbonyl (C=O) groups excluding carboxylic acids is 1. The first-order valence-electron chi connectivity index (χ1n) is 4.01. The van der Waals surface area contributed by atoms with E-state index in [0.717, 1.165) is 6.08 Å². The van der Waals surface area contributed by atoms with E-state index >= 15 is 0 Å². The number of ketones is 1. The van der Waals surface area contributed by atoms with Gasteiger partial charge in [-0.25, -0.2) is 0 Å². The van der Waals surface area contributed by atoms with Gasteiger partial charge < -0.3 is 4.43 Å². The highest BCUT2D eigenvalue weighted by Gasteiger charge is 2.34. The lowest BCUT2D eigenvalue weighted by Gasteiger charge is -2.19. The normalized spacial score (nSPS) is 14.1. The van der Waals surface area contributed by atoms with E-state index in [1.165, 1.54) is 6.92 Å². The van der Waals surface area contributed by atoms with Crippen molar-refractivity contribution >= 4 is 25.7 Å². The monoisotopic (exact) mass is 242 g/mol. The molecule has 0 aliphatic carbocycles. The van der Waals surface area contributed by atoms with E-state index in [1.54, 1.807) is 0 Å². The van der Waals surface area contributed by atoms with Crippen molar-refractivity contribution in [3.05, 3.63) is 11.8 Å². The van der Waals surface area contributed by atoms with Crippen molar-refractivity contribution in [1.29, 1.82) is 0 Å². The summed E-state index contributed by atoms with van der Waals surface area (Å²) in [6.45, 7) is 7.10. The lowest BCUT2D eigenvalue weighted by molar-refractivity contribution is -0.128. The molecule has 0 aliphatic rings. The van der Waals surface area contributed by atoms with Crippen LogP contribution in [0.15, 0.2) is 11.8 Å². The van der Waals surface area contributed by atoms with Crippen molar-refractivity contribution in [2.24, 2.45) is 0 Å². The summed E-state index contributed by atoms with van der Waals surface area (Å²) in [5.41, 5.74) is 0. The Balaban J connectivity index is 4.47. The number of rotatable bonds is 4. The molecule has 6 heteroatoms. The maximum atomic E-state index is 12.2. The van der Waals surface area contributed by atoms with E-state index in [4.69, 9.17) is 4.43 Å². The molecule has 0 aromatic rings. The third-order valence-electron chi connectivity index (χ3n) is 1.08. The third-order valence-corrected chi connectivity index (χ3v) is 2.20. The van der Waals surface area contributed by atoms with Gasteiger partial charge in [0.05, 0.1) is 5.76 Å². The van der Waals surface area contributed by atoms with Crippen LogP contribution in [0, 0.1) is 0 Å². The fraction of sp³-hybridized carbons (Fsp3) is 0.625. The SMILES string of the molecule is C/C(=C\C(=O)C(F)(F)Cl)O[Si](C)(C)C. The van der Waals surface area contributed by atoms with Crippen LogP contribution in [-0.4, -0.2) is 19.5 Å². The first-order valence-corrected chi connectivity index (χ1v) is 7.79. The van der Waals surface area contributed by atoms with Gasteiger partial charge in [0.15, 0.2) is 0 Å². The second-order valence-corrected chi connectivity index (χ2v) is 8.73. The molecule has 82 valence electrons. The van der Waals surface area contributed by atoms with Gasteiger partial charge in [0, 0.05) is 6.08 Å². The van der Waals surface area contributed by atoms with Gasteiger partial charge in [-0.05, 0) is 38.2 Å². The minimum atomic E-state index is -3.84. The lowest BCUT2D eigenvalue weighted by atomic mass is 10.3. The van der Waals surface area contributed by atoms with Crippen LogP contribution in [0.5, 0.6) is 0 Å². The Bertz CT molecular complexity index is 253. The standard InChI is InChI=1S/C8H13ClF2O2Si/c1-6(13-14(2,3)4)5-7(12)8(9,10)11/h5H,1-4H3/b6-5+. The van der Waals surface area contributed by atoms with Gasteiger partial charge in [-0.3, -0.25) is 4.79 Å². The van der Waals surface area contributed by atoms with Crippen molar-refractivity contribution in [2.75, 3.05) is 0 Å². The minimum Gasteiger partial charge on any atom is -0.547 e. The molecule has 0 amide bonds. The van der Waals surface area contributed by atoms with E-state index in [1.807, 2.05) is 19.6 Å². The number of hydrogen-bond donors (Lipinski definition) is 0. The molecular formula is C8H13ClF2O2Si. The fourth-order valence-electron chi connectivity index (χ4n) is 0.779. The van der Waals surface area contributed by atoms with Crippen molar-refractivity contribution in [1.82, 2.24) is 0 Å². The second-order valence-electron chi connectivity index (χ2n) is 3.83. The molecule has 0 N–H and O–H groups in total. The maximum Gasteiger partial charge on any atom is 0.384 e. The number of allylic oxidation sites excluding steroid dienone is 2. The van der Waals surface area contributed by atoms with Gasteiger partial charge in [0.25, 0.3) is 0 Å². The smallest absolute Gasteiger partial charge is 0.384 e. The van der Waals surface area contributed by atoms with Crippen LogP contribution in [-0.2, 0) is 9.22 Å². The molecule has 0 heterocycles. The van der Waals surface area contributed by atoms with E-state index < -0.39 is 19.5 Å². The Kier molecular flexibility index (Phi) is 4.27. The van der Waals surface area contributed by atoms with Crippen LogP contribution < -0.4 is 0 Å². The molecule has 0 bridgehead atoms. The summed E-state index contributed by atoms with van der Waals surface area (Å²) in [5, 5.41) is -3.84. The molecule has 0 aromatic heterocycles. The second kappa shape index (κ2) is 4.40.